The number of phenols is 3. The molecular formula is C16H13NO6. The van der Waals surface area contributed by atoms with Crippen molar-refractivity contribution in [2.24, 2.45) is 0 Å². The molecule has 0 radical (unpaired) electrons. The maximum Gasteiger partial charge on any atom is 0.337 e. The van der Waals surface area contributed by atoms with Crippen LogP contribution in [0.5, 0.6) is 17.2 Å². The molecule has 6 N–H and O–H groups in total. The summed E-state index contributed by atoms with van der Waals surface area (Å²) in [4.78, 5) is 23.2. The zero-order chi connectivity index (χ0) is 17.1. The third-order valence-electron chi connectivity index (χ3n) is 3.09. The average Bonchev–Trinajstić information content (AvgIpc) is 2.49. The first-order valence-corrected chi connectivity index (χ1v) is 6.39. The van der Waals surface area contributed by atoms with Crippen LogP contribution < -0.4 is 5.73 Å². The summed E-state index contributed by atoms with van der Waals surface area (Å²) in [6.45, 7) is 0. The van der Waals surface area contributed by atoms with E-state index in [9.17, 15) is 24.9 Å². The van der Waals surface area contributed by atoms with Gasteiger partial charge in [-0.15, -0.1) is 0 Å². The fourth-order valence-electron chi connectivity index (χ4n) is 1.92. The Morgan fingerprint density at radius 3 is 2.22 bits per heavy atom. The molecule has 0 saturated carbocycles. The monoisotopic (exact) mass is 315 g/mol. The number of ketones is 1. The van der Waals surface area contributed by atoms with Crippen LogP contribution in [0.2, 0.25) is 0 Å². The summed E-state index contributed by atoms with van der Waals surface area (Å²) < 4.78 is 0. The molecule has 0 unspecified atom stereocenters. The highest BCUT2D eigenvalue weighted by Gasteiger charge is 2.17. The summed E-state index contributed by atoms with van der Waals surface area (Å²) >= 11 is 0. The predicted octanol–water partition coefficient (Wildman–Crippen LogP) is 1.98. The second kappa shape index (κ2) is 6.10. The fourth-order valence-corrected chi connectivity index (χ4v) is 1.92. The number of hydrogen-bond donors (Lipinski definition) is 5. The van der Waals surface area contributed by atoms with Gasteiger partial charge in [0.15, 0.2) is 17.3 Å². The van der Waals surface area contributed by atoms with Gasteiger partial charge >= 0.3 is 5.97 Å². The molecule has 118 valence electrons. The van der Waals surface area contributed by atoms with Gasteiger partial charge in [0.2, 0.25) is 0 Å². The van der Waals surface area contributed by atoms with Gasteiger partial charge in [-0.25, -0.2) is 4.79 Å². The van der Waals surface area contributed by atoms with Crippen molar-refractivity contribution in [3.05, 3.63) is 53.1 Å². The van der Waals surface area contributed by atoms with Crippen molar-refractivity contribution < 1.29 is 30.0 Å². The molecule has 0 amide bonds. The van der Waals surface area contributed by atoms with Crippen LogP contribution in [0.3, 0.4) is 0 Å². The first kappa shape index (κ1) is 15.9. The van der Waals surface area contributed by atoms with Crippen LogP contribution >= 0.6 is 0 Å². The van der Waals surface area contributed by atoms with Crippen molar-refractivity contribution in [1.29, 1.82) is 0 Å². The van der Waals surface area contributed by atoms with Crippen molar-refractivity contribution in [2.45, 2.75) is 0 Å². The second-order valence-corrected chi connectivity index (χ2v) is 4.71. The second-order valence-electron chi connectivity index (χ2n) is 4.71. The number of rotatable bonds is 4. The van der Waals surface area contributed by atoms with E-state index in [4.69, 9.17) is 10.8 Å². The number of nitrogen functional groups attached to an aromatic ring is 1. The molecule has 0 aliphatic carbocycles. The molecule has 2 rings (SSSR count). The zero-order valence-electron chi connectivity index (χ0n) is 11.7. The predicted molar refractivity (Wildman–Crippen MR) is 82.6 cm³/mol. The number of aromatic carboxylic acids is 1. The molecule has 7 heteroatoms. The van der Waals surface area contributed by atoms with Gasteiger partial charge in [-0.1, -0.05) is 12.1 Å². The number of aromatic hydroxyl groups is 3. The molecule has 7 nitrogen and oxygen atoms in total. The SMILES string of the molecule is Nc1c(C(=O)O)cc(O)cc1C(=O)C=Cc1ccc(O)c(O)c1. The highest BCUT2D eigenvalue weighted by molar-refractivity contribution is 6.13. The van der Waals surface area contributed by atoms with E-state index in [1.54, 1.807) is 0 Å². The van der Waals surface area contributed by atoms with Crippen LogP contribution in [0.25, 0.3) is 6.08 Å². The Kier molecular flexibility index (Phi) is 4.22. The van der Waals surface area contributed by atoms with Gasteiger partial charge in [-0.2, -0.15) is 0 Å². The number of hydrogen-bond acceptors (Lipinski definition) is 6. The average molecular weight is 315 g/mol. The van der Waals surface area contributed by atoms with E-state index < -0.39 is 17.5 Å². The molecule has 0 atom stereocenters. The van der Waals surface area contributed by atoms with E-state index in [0.29, 0.717) is 5.56 Å². The van der Waals surface area contributed by atoms with E-state index in [-0.39, 0.29) is 28.3 Å². The van der Waals surface area contributed by atoms with Gasteiger partial charge in [0.1, 0.15) is 5.75 Å². The highest BCUT2D eigenvalue weighted by atomic mass is 16.4. The normalized spacial score (nSPS) is 10.8. The number of allylic oxidation sites excluding steroid dienone is 1. The first-order chi connectivity index (χ1) is 10.8. The molecule has 0 fully saturated rings. The van der Waals surface area contributed by atoms with E-state index in [0.717, 1.165) is 18.2 Å². The van der Waals surface area contributed by atoms with Crippen LogP contribution in [0.4, 0.5) is 5.69 Å². The maximum absolute atomic E-state index is 12.1. The molecule has 0 aliphatic heterocycles. The Bertz CT molecular complexity index is 826. The zero-order valence-corrected chi connectivity index (χ0v) is 11.7. The number of carboxylic acids is 1. The number of carboxylic acid groups (broad SMARTS) is 1. The molecule has 0 saturated heterocycles. The van der Waals surface area contributed by atoms with Crippen LogP contribution in [0.1, 0.15) is 26.3 Å². The molecule has 0 aliphatic rings. The van der Waals surface area contributed by atoms with Crippen molar-refractivity contribution in [2.75, 3.05) is 5.73 Å². The van der Waals surface area contributed by atoms with Crippen LogP contribution in [0.15, 0.2) is 36.4 Å². The molecule has 0 spiro atoms. The van der Waals surface area contributed by atoms with Crippen molar-refractivity contribution in [3.8, 4) is 17.2 Å². The van der Waals surface area contributed by atoms with Crippen molar-refractivity contribution in [3.63, 3.8) is 0 Å². The number of carbonyl (C=O) groups is 2. The number of anilines is 1. The highest BCUT2D eigenvalue weighted by Crippen LogP contribution is 2.27. The quantitative estimate of drug-likeness (QED) is 0.191. The van der Waals surface area contributed by atoms with Gasteiger partial charge in [0.25, 0.3) is 0 Å². The van der Waals surface area contributed by atoms with Crippen LogP contribution in [0, 0.1) is 0 Å². The maximum atomic E-state index is 12.1. The van der Waals surface area contributed by atoms with Gasteiger partial charge in [0.05, 0.1) is 11.3 Å². The standard InChI is InChI=1S/C16H13NO6/c17-15-10(6-9(18)7-11(15)16(22)23)12(19)3-1-8-2-4-13(20)14(21)5-8/h1-7,18,20-21H,17H2,(H,22,23). The van der Waals surface area contributed by atoms with Crippen LogP contribution in [-0.2, 0) is 0 Å². The van der Waals surface area contributed by atoms with E-state index in [1.165, 1.54) is 24.3 Å². The lowest BCUT2D eigenvalue weighted by atomic mass is 10.0. The summed E-state index contributed by atoms with van der Waals surface area (Å²) in [5.41, 5.74) is 5.31. The Morgan fingerprint density at radius 1 is 0.957 bits per heavy atom. The van der Waals surface area contributed by atoms with E-state index in [1.807, 2.05) is 0 Å². The third-order valence-corrected chi connectivity index (χ3v) is 3.09. The van der Waals surface area contributed by atoms with Gasteiger partial charge < -0.3 is 26.2 Å². The molecular weight excluding hydrogens is 302 g/mol. The van der Waals surface area contributed by atoms with E-state index >= 15 is 0 Å². The Labute approximate surface area is 130 Å². The smallest absolute Gasteiger partial charge is 0.337 e. The number of nitrogens with two attached hydrogens (primary N) is 1. The minimum absolute atomic E-state index is 0.151. The first-order valence-electron chi connectivity index (χ1n) is 6.39. The minimum atomic E-state index is -1.36. The summed E-state index contributed by atoms with van der Waals surface area (Å²) in [5.74, 6) is -3.01. The number of benzene rings is 2. The molecule has 23 heavy (non-hydrogen) atoms. The van der Waals surface area contributed by atoms with Gasteiger partial charge in [0, 0.05) is 5.56 Å². The molecule has 0 heterocycles. The molecule has 2 aromatic rings. The lowest BCUT2D eigenvalue weighted by molar-refractivity contribution is 0.0697. The number of carbonyl (C=O) groups excluding carboxylic acids is 1. The summed E-state index contributed by atoms with van der Waals surface area (Å²) in [6, 6.07) is 5.99. The van der Waals surface area contributed by atoms with Gasteiger partial charge in [-0.3, -0.25) is 4.79 Å². The van der Waals surface area contributed by atoms with Gasteiger partial charge in [-0.05, 0) is 35.9 Å². The van der Waals surface area contributed by atoms with E-state index in [2.05, 4.69) is 0 Å². The minimum Gasteiger partial charge on any atom is -0.508 e. The molecule has 0 aromatic heterocycles. The summed E-state index contributed by atoms with van der Waals surface area (Å²) in [5, 5.41) is 37.1. The largest absolute Gasteiger partial charge is 0.508 e. The summed E-state index contributed by atoms with van der Waals surface area (Å²) in [7, 11) is 0. The van der Waals surface area contributed by atoms with Crippen molar-refractivity contribution in [1.82, 2.24) is 0 Å². The Balaban J connectivity index is 2.35. The van der Waals surface area contributed by atoms with Crippen molar-refractivity contribution >= 4 is 23.5 Å². The Hall–Kier alpha value is -3.48. The third kappa shape index (κ3) is 3.41. The fraction of sp³-hybridized carbons (Fsp3) is 0. The molecule has 0 bridgehead atoms. The molecule has 2 aromatic carbocycles. The summed E-state index contributed by atoms with van der Waals surface area (Å²) in [6.07, 6.45) is 2.47. The lowest BCUT2D eigenvalue weighted by Crippen LogP contribution is -2.08. The topological polar surface area (TPSA) is 141 Å². The Morgan fingerprint density at radius 2 is 1.61 bits per heavy atom. The van der Waals surface area contributed by atoms with Crippen LogP contribution in [-0.4, -0.2) is 32.2 Å². The lowest BCUT2D eigenvalue weighted by Gasteiger charge is -2.07. The number of phenolic OH excluding ortho intramolecular Hbond substituents is 3.